The van der Waals surface area contributed by atoms with Crippen LogP contribution < -0.4 is 5.11 Å². The van der Waals surface area contributed by atoms with Crippen molar-refractivity contribution in [1.82, 2.24) is 0 Å². The van der Waals surface area contributed by atoms with E-state index in [4.69, 9.17) is 24.9 Å². The second-order valence-corrected chi connectivity index (χ2v) is 5.60. The molecule has 24 heavy (non-hydrogen) atoms. The van der Waals surface area contributed by atoms with E-state index in [0.717, 1.165) is 21.0 Å². The Morgan fingerprint density at radius 1 is 0.917 bits per heavy atom. The van der Waals surface area contributed by atoms with Crippen molar-refractivity contribution >= 4 is 11.9 Å². The third-order valence-electron chi connectivity index (χ3n) is 3.76. The molecule has 0 aliphatic heterocycles. The van der Waals surface area contributed by atoms with Gasteiger partial charge in [-0.05, 0) is 25.7 Å². The molecule has 0 amide bonds. The van der Waals surface area contributed by atoms with Crippen molar-refractivity contribution < 1.29 is 46.6 Å². The van der Waals surface area contributed by atoms with Crippen LogP contribution in [-0.4, -0.2) is 29.3 Å². The minimum absolute atomic E-state index is 0. The molecule has 0 radical (unpaired) electrons. The van der Waals surface area contributed by atoms with Gasteiger partial charge in [-0.15, -0.1) is 12.0 Å². The van der Waals surface area contributed by atoms with Gasteiger partial charge >= 0.3 is 21.7 Å². The first-order valence-corrected chi connectivity index (χ1v) is 7.98. The Balaban J connectivity index is 0. The molecule has 2 N–H and O–H groups in total. The van der Waals surface area contributed by atoms with Crippen LogP contribution in [0.2, 0.25) is 0 Å². The average molecular weight is 372 g/mol. The summed E-state index contributed by atoms with van der Waals surface area (Å²) in [7, 11) is 0.750. The van der Waals surface area contributed by atoms with E-state index in [9.17, 15) is 0 Å². The summed E-state index contributed by atoms with van der Waals surface area (Å²) >= 11 is 0. The summed E-state index contributed by atoms with van der Waals surface area (Å²) in [5.41, 5.74) is 7.06. The number of fused-ring (bicyclic) bond motifs is 1. The van der Waals surface area contributed by atoms with E-state index < -0.39 is 11.9 Å². The fourth-order valence-electron chi connectivity index (χ4n) is 3.12. The quantitative estimate of drug-likeness (QED) is 0.503. The fraction of sp³-hybridized carbons (Fsp3) is 0.611. The summed E-state index contributed by atoms with van der Waals surface area (Å²) in [6, 6.07) is 0. The molecule has 0 spiro atoms. The van der Waals surface area contributed by atoms with E-state index in [0.29, 0.717) is 0 Å². The molecule has 0 aromatic rings. The zero-order valence-corrected chi connectivity index (χ0v) is 16.4. The van der Waals surface area contributed by atoms with Gasteiger partial charge in [0.1, 0.15) is 0 Å². The van der Waals surface area contributed by atoms with Crippen LogP contribution in [0.4, 0.5) is 0 Å². The van der Waals surface area contributed by atoms with Gasteiger partial charge in [-0.1, -0.05) is 24.8 Å². The summed E-state index contributed by atoms with van der Waals surface area (Å²) in [5.74, 6) is -1.67. The number of allylic oxidation sites excluding steroid dienone is 4. The van der Waals surface area contributed by atoms with Gasteiger partial charge in [-0.25, -0.2) is 12.0 Å². The molecule has 3 aliphatic carbocycles. The first-order valence-electron chi connectivity index (χ1n) is 7.98. The number of carbonyl (C=O) groups is 2. The molecule has 0 saturated carbocycles. The Hall–Kier alpha value is -1.04. The van der Waals surface area contributed by atoms with E-state index in [2.05, 4.69) is 6.42 Å². The first-order chi connectivity index (χ1) is 10.9. The van der Waals surface area contributed by atoms with Crippen molar-refractivity contribution in [2.24, 2.45) is 0 Å². The van der Waals surface area contributed by atoms with Crippen LogP contribution in [0.3, 0.4) is 0 Å². The van der Waals surface area contributed by atoms with Gasteiger partial charge < -0.3 is 15.3 Å². The molecule has 0 atom stereocenters. The maximum atomic E-state index is 9.00. The van der Waals surface area contributed by atoms with E-state index in [-0.39, 0.29) is 21.7 Å². The molecule has 5 nitrogen and oxygen atoms in total. The molecule has 134 valence electrons. The maximum Gasteiger partial charge on any atom is 2.00 e. The van der Waals surface area contributed by atoms with Gasteiger partial charge in [0.2, 0.25) is 0 Å². The fourth-order valence-corrected chi connectivity index (χ4v) is 3.12. The van der Waals surface area contributed by atoms with E-state index in [1.54, 1.807) is 22.3 Å². The molecule has 0 saturated heterocycles. The number of aliphatic carboxylic acids is 2. The van der Waals surface area contributed by atoms with Gasteiger partial charge in [-0.2, -0.15) is 12.7 Å². The Kier molecular flexibility index (Phi) is 15.0. The molecule has 0 unspecified atom stereocenters. The molecule has 0 aromatic carbocycles. The SMILES string of the molecule is CC(=O)O.CC(=O)O.C[O-].[CH-]1CCCC2=C1CC1=C2CCCC1.[Ti+2]. The van der Waals surface area contributed by atoms with E-state index in [1.165, 1.54) is 51.4 Å². The second-order valence-electron chi connectivity index (χ2n) is 5.60. The van der Waals surface area contributed by atoms with E-state index in [1.807, 2.05) is 0 Å². The van der Waals surface area contributed by atoms with Crippen molar-refractivity contribution in [3.05, 3.63) is 28.7 Å². The topological polar surface area (TPSA) is 97.7 Å². The molecular weight excluding hydrogens is 344 g/mol. The van der Waals surface area contributed by atoms with Crippen molar-refractivity contribution in [3.63, 3.8) is 0 Å². The minimum atomic E-state index is -0.833. The van der Waals surface area contributed by atoms with Crippen LogP contribution >= 0.6 is 0 Å². The van der Waals surface area contributed by atoms with Crippen molar-refractivity contribution in [2.75, 3.05) is 7.11 Å². The van der Waals surface area contributed by atoms with Crippen LogP contribution in [0.25, 0.3) is 0 Å². The molecule has 3 aliphatic rings. The van der Waals surface area contributed by atoms with Crippen molar-refractivity contribution in [2.45, 2.75) is 65.2 Å². The zero-order valence-electron chi connectivity index (χ0n) is 14.9. The summed E-state index contributed by atoms with van der Waals surface area (Å²) in [6.45, 7) is 2.17. The number of hydrogen-bond acceptors (Lipinski definition) is 3. The Morgan fingerprint density at radius 2 is 1.38 bits per heavy atom. The number of hydrogen-bond donors (Lipinski definition) is 2. The zero-order chi connectivity index (χ0) is 17.8. The summed E-state index contributed by atoms with van der Waals surface area (Å²) in [5, 5.41) is 23.1. The standard InChI is InChI=1S/C13H17.2C2H4O2.CH3O.Ti/c1-3-7-12-10(5-1)9-11-6-2-4-8-13(11)12;2*1-2(3)4;1-2;/h5H,1-4,6-9H2;2*1H3,(H,3,4);1H3;/q-1;;;-1;+2. The Bertz CT molecular complexity index is 416. The van der Waals surface area contributed by atoms with Crippen molar-refractivity contribution in [3.8, 4) is 0 Å². The molecule has 6 heteroatoms. The van der Waals surface area contributed by atoms with Gasteiger partial charge in [-0.3, -0.25) is 9.59 Å². The minimum Gasteiger partial charge on any atom is -0.857 e. The normalized spacial score (nSPS) is 17.0. The van der Waals surface area contributed by atoms with Gasteiger partial charge in [0.15, 0.2) is 0 Å². The predicted molar refractivity (Wildman–Crippen MR) is 87.8 cm³/mol. The van der Waals surface area contributed by atoms with E-state index >= 15 is 0 Å². The molecular formula is C18H28O5Ti. The van der Waals surface area contributed by atoms with Crippen molar-refractivity contribution in [1.29, 1.82) is 0 Å². The van der Waals surface area contributed by atoms with Crippen LogP contribution in [-0.2, 0) is 31.3 Å². The van der Waals surface area contributed by atoms with Gasteiger partial charge in [0.05, 0.1) is 0 Å². The van der Waals surface area contributed by atoms with Crippen LogP contribution in [0, 0.1) is 6.42 Å². The second kappa shape index (κ2) is 14.3. The van der Waals surface area contributed by atoms with Gasteiger partial charge in [0.25, 0.3) is 11.9 Å². The third-order valence-corrected chi connectivity index (χ3v) is 3.76. The molecule has 0 bridgehead atoms. The molecule has 0 aromatic heterocycles. The summed E-state index contributed by atoms with van der Waals surface area (Å²) in [4.78, 5) is 18.0. The molecule has 0 heterocycles. The summed E-state index contributed by atoms with van der Waals surface area (Å²) < 4.78 is 0. The Labute approximate surface area is 159 Å². The number of carboxylic acids is 2. The smallest absolute Gasteiger partial charge is 0.857 e. The maximum absolute atomic E-state index is 9.00. The molecule has 0 fully saturated rings. The number of carboxylic acid groups (broad SMARTS) is 2. The van der Waals surface area contributed by atoms with Crippen LogP contribution in [0.15, 0.2) is 22.3 Å². The predicted octanol–water partition coefficient (Wildman–Crippen LogP) is 3.10. The monoisotopic (exact) mass is 372 g/mol. The van der Waals surface area contributed by atoms with Crippen LogP contribution in [0.5, 0.6) is 0 Å². The van der Waals surface area contributed by atoms with Crippen LogP contribution in [0.1, 0.15) is 65.2 Å². The average Bonchev–Trinajstić information content (AvgIpc) is 2.87. The molecule has 3 rings (SSSR count). The number of rotatable bonds is 0. The summed E-state index contributed by atoms with van der Waals surface area (Å²) in [6.07, 6.45) is 13.6. The Morgan fingerprint density at radius 3 is 1.92 bits per heavy atom. The third kappa shape index (κ3) is 9.96. The van der Waals surface area contributed by atoms with Gasteiger partial charge in [0, 0.05) is 13.8 Å². The first kappa shape index (κ1) is 25.2. The largest absolute Gasteiger partial charge is 2.00 e.